The van der Waals surface area contributed by atoms with Crippen LogP contribution in [0.4, 0.5) is 9.93 Å². The van der Waals surface area contributed by atoms with Gasteiger partial charge in [0.25, 0.3) is 0 Å². The van der Waals surface area contributed by atoms with Gasteiger partial charge in [-0.3, -0.25) is 10.1 Å². The van der Waals surface area contributed by atoms with E-state index in [1.54, 1.807) is 0 Å². The quantitative estimate of drug-likeness (QED) is 0.369. The third kappa shape index (κ3) is 5.24. The molecule has 10 heteroatoms. The Morgan fingerprint density at radius 2 is 1.71 bits per heavy atom. The first-order chi connectivity index (χ1) is 16.5. The number of benzene rings is 2. The summed E-state index contributed by atoms with van der Waals surface area (Å²) in [5.41, 5.74) is 4.54. The second kappa shape index (κ2) is 10.4. The number of aliphatic hydroxyl groups excluding tert-OH is 1. The van der Waals surface area contributed by atoms with Gasteiger partial charge in [-0.25, -0.2) is 14.6 Å². The van der Waals surface area contributed by atoms with Crippen molar-refractivity contribution in [3.8, 4) is 11.1 Å². The first kappa shape index (κ1) is 23.4. The molecule has 1 atom stereocenters. The van der Waals surface area contributed by atoms with Crippen LogP contribution in [0.25, 0.3) is 11.1 Å². The van der Waals surface area contributed by atoms with Crippen molar-refractivity contribution in [2.75, 3.05) is 18.5 Å². The molecule has 9 nitrogen and oxygen atoms in total. The number of ether oxygens (including phenoxy) is 1. The number of nitrogens with zero attached hydrogens (tertiary/aromatic N) is 1. The van der Waals surface area contributed by atoms with E-state index in [1.807, 2.05) is 36.4 Å². The molecular formula is C24H23N3O6S. The highest BCUT2D eigenvalue weighted by Crippen LogP contribution is 2.44. The van der Waals surface area contributed by atoms with Crippen LogP contribution in [0.5, 0.6) is 0 Å². The maximum atomic E-state index is 12.4. The summed E-state index contributed by atoms with van der Waals surface area (Å²) in [6, 6.07) is 14.8. The molecule has 2 aromatic carbocycles. The number of hydrogen-bond donors (Lipinski definition) is 4. The monoisotopic (exact) mass is 481 g/mol. The van der Waals surface area contributed by atoms with E-state index >= 15 is 0 Å². The highest BCUT2D eigenvalue weighted by atomic mass is 32.1. The molecule has 0 radical (unpaired) electrons. The molecular weight excluding hydrogens is 458 g/mol. The average molecular weight is 482 g/mol. The van der Waals surface area contributed by atoms with Crippen LogP contribution in [0.3, 0.4) is 0 Å². The Kier molecular flexibility index (Phi) is 7.19. The number of carboxylic acid groups (broad SMARTS) is 1. The topological polar surface area (TPSA) is 138 Å². The molecule has 1 aliphatic carbocycles. The van der Waals surface area contributed by atoms with Crippen LogP contribution in [0.15, 0.2) is 54.7 Å². The second-order valence-corrected chi connectivity index (χ2v) is 8.84. The van der Waals surface area contributed by atoms with E-state index in [4.69, 9.17) is 14.9 Å². The number of rotatable bonds is 9. The van der Waals surface area contributed by atoms with Crippen molar-refractivity contribution in [2.24, 2.45) is 0 Å². The first-order valence-electron chi connectivity index (χ1n) is 10.7. The molecule has 0 unspecified atom stereocenters. The van der Waals surface area contributed by atoms with E-state index in [0.717, 1.165) is 27.1 Å². The molecule has 0 saturated carbocycles. The molecule has 3 aromatic rings. The molecule has 34 heavy (non-hydrogen) atoms. The Morgan fingerprint density at radius 3 is 2.32 bits per heavy atom. The molecule has 176 valence electrons. The Morgan fingerprint density at radius 1 is 1.06 bits per heavy atom. The molecule has 1 aliphatic rings. The number of carbonyl (C=O) groups excluding carboxylic acids is 2. The van der Waals surface area contributed by atoms with Gasteiger partial charge in [-0.1, -0.05) is 48.5 Å². The van der Waals surface area contributed by atoms with E-state index in [0.29, 0.717) is 11.6 Å². The lowest BCUT2D eigenvalue weighted by Gasteiger charge is -2.14. The molecule has 0 aliphatic heterocycles. The Balaban J connectivity index is 1.29. The average Bonchev–Trinajstić information content (AvgIpc) is 3.41. The molecule has 0 bridgehead atoms. The number of nitrogens with one attached hydrogen (secondary N) is 2. The maximum Gasteiger partial charge on any atom is 0.413 e. The van der Waals surface area contributed by atoms with Crippen molar-refractivity contribution >= 4 is 34.4 Å². The van der Waals surface area contributed by atoms with Crippen LogP contribution in [0.1, 0.15) is 28.3 Å². The number of aliphatic hydroxyl groups is 1. The van der Waals surface area contributed by atoms with Gasteiger partial charge in [0.2, 0.25) is 5.91 Å². The van der Waals surface area contributed by atoms with E-state index in [-0.39, 0.29) is 18.9 Å². The molecule has 4 rings (SSSR count). The molecule has 4 N–H and O–H groups in total. The summed E-state index contributed by atoms with van der Waals surface area (Å²) in [5, 5.41) is 23.0. The van der Waals surface area contributed by atoms with Crippen molar-refractivity contribution in [1.82, 2.24) is 10.3 Å². The number of carbonyl (C=O) groups is 3. The number of fused-ring (bicyclic) bond motifs is 3. The van der Waals surface area contributed by atoms with Gasteiger partial charge >= 0.3 is 12.1 Å². The van der Waals surface area contributed by atoms with Gasteiger partial charge < -0.3 is 20.3 Å². The van der Waals surface area contributed by atoms with Crippen LogP contribution in [0, 0.1) is 0 Å². The molecule has 0 spiro atoms. The van der Waals surface area contributed by atoms with Crippen molar-refractivity contribution in [1.29, 1.82) is 0 Å². The van der Waals surface area contributed by atoms with Gasteiger partial charge in [0.15, 0.2) is 5.13 Å². The third-order valence-corrected chi connectivity index (χ3v) is 6.49. The molecule has 2 amide bonds. The Bertz CT molecular complexity index is 1170. The number of aromatic nitrogens is 1. The Labute approximate surface area is 199 Å². The van der Waals surface area contributed by atoms with Gasteiger partial charge in [0.05, 0.1) is 6.61 Å². The fraction of sp³-hybridized carbons (Fsp3) is 0.250. The number of aryl methyl sites for hydroxylation is 1. The van der Waals surface area contributed by atoms with Gasteiger partial charge in [-0.2, -0.15) is 0 Å². The number of anilines is 1. The van der Waals surface area contributed by atoms with Crippen molar-refractivity contribution in [3.63, 3.8) is 0 Å². The van der Waals surface area contributed by atoms with Crippen molar-refractivity contribution in [2.45, 2.75) is 24.8 Å². The van der Waals surface area contributed by atoms with E-state index < -0.39 is 30.6 Å². The predicted octanol–water partition coefficient (Wildman–Crippen LogP) is 3.00. The van der Waals surface area contributed by atoms with Crippen molar-refractivity contribution < 1.29 is 29.3 Å². The summed E-state index contributed by atoms with van der Waals surface area (Å²) in [6.07, 6.45) is 1.26. The summed E-state index contributed by atoms with van der Waals surface area (Å²) in [5.74, 6) is -1.85. The van der Waals surface area contributed by atoms with E-state index in [9.17, 15) is 14.4 Å². The SMILES string of the molecule is O=C(CCc1cnc(NC(=O)OCC2c3ccccc3-c3ccccc32)s1)N[C@@H](CO)C(=O)O. The van der Waals surface area contributed by atoms with Crippen molar-refractivity contribution in [3.05, 3.63) is 70.7 Å². The van der Waals surface area contributed by atoms with Crippen LogP contribution in [0.2, 0.25) is 0 Å². The normalized spacial score (nSPS) is 13.0. The molecule has 1 heterocycles. The highest BCUT2D eigenvalue weighted by molar-refractivity contribution is 7.15. The summed E-state index contributed by atoms with van der Waals surface area (Å²) in [6.45, 7) is -0.496. The van der Waals surface area contributed by atoms with Gasteiger partial charge in [0.1, 0.15) is 12.6 Å². The zero-order chi connectivity index (χ0) is 24.1. The lowest BCUT2D eigenvalue weighted by molar-refractivity contribution is -0.142. The molecule has 0 fully saturated rings. The summed E-state index contributed by atoms with van der Waals surface area (Å²) in [4.78, 5) is 40.0. The summed E-state index contributed by atoms with van der Waals surface area (Å²) < 4.78 is 5.50. The number of carboxylic acids is 1. The Hall–Kier alpha value is -3.76. The van der Waals surface area contributed by atoms with Crippen LogP contribution >= 0.6 is 11.3 Å². The highest BCUT2D eigenvalue weighted by Gasteiger charge is 2.29. The molecule has 1 aromatic heterocycles. The fourth-order valence-corrected chi connectivity index (χ4v) is 4.69. The number of amides is 2. The fourth-order valence-electron chi connectivity index (χ4n) is 3.89. The lowest BCUT2D eigenvalue weighted by Crippen LogP contribution is -2.43. The predicted molar refractivity (Wildman–Crippen MR) is 126 cm³/mol. The van der Waals surface area contributed by atoms with Gasteiger partial charge in [-0.15, -0.1) is 11.3 Å². The van der Waals surface area contributed by atoms with Gasteiger partial charge in [-0.05, 0) is 28.7 Å². The standard InChI is InChI=1S/C24H23N3O6S/c28-12-20(22(30)31)26-21(29)10-9-14-11-25-23(34-14)27-24(32)33-13-19-17-7-3-1-5-15(17)16-6-2-4-8-18(16)19/h1-8,11,19-20,28H,9-10,12-13H2,(H,26,29)(H,30,31)(H,25,27,32)/t20-/m0/s1. The zero-order valence-electron chi connectivity index (χ0n) is 18.1. The summed E-state index contributed by atoms with van der Waals surface area (Å²) >= 11 is 1.20. The largest absolute Gasteiger partial charge is 0.480 e. The number of hydrogen-bond acceptors (Lipinski definition) is 7. The van der Waals surface area contributed by atoms with Crippen LogP contribution < -0.4 is 10.6 Å². The minimum Gasteiger partial charge on any atom is -0.480 e. The van der Waals surface area contributed by atoms with Crippen LogP contribution in [-0.4, -0.2) is 52.4 Å². The zero-order valence-corrected chi connectivity index (χ0v) is 18.9. The van der Waals surface area contributed by atoms with E-state index in [2.05, 4.69) is 27.8 Å². The first-order valence-corrected chi connectivity index (χ1v) is 11.5. The minimum atomic E-state index is -1.33. The molecule has 0 saturated heterocycles. The third-order valence-electron chi connectivity index (χ3n) is 5.52. The lowest BCUT2D eigenvalue weighted by atomic mass is 9.98. The second-order valence-electron chi connectivity index (χ2n) is 7.72. The van der Waals surface area contributed by atoms with Gasteiger partial charge in [0, 0.05) is 23.4 Å². The smallest absolute Gasteiger partial charge is 0.413 e. The van der Waals surface area contributed by atoms with Crippen LogP contribution in [-0.2, 0) is 20.7 Å². The van der Waals surface area contributed by atoms with E-state index in [1.165, 1.54) is 17.5 Å². The minimum absolute atomic E-state index is 0.0242. The number of thiazole rings is 1. The summed E-state index contributed by atoms with van der Waals surface area (Å²) in [7, 11) is 0. The number of aliphatic carboxylic acids is 1. The maximum absolute atomic E-state index is 12.4.